The molecule has 0 atom stereocenters. The van der Waals surface area contributed by atoms with Crippen molar-refractivity contribution in [1.82, 2.24) is 4.98 Å². The first-order valence-electron chi connectivity index (χ1n) is 6.63. The molecular weight excluding hydrogens is 226 g/mol. The molecule has 0 aliphatic heterocycles. The van der Waals surface area contributed by atoms with Crippen molar-refractivity contribution in [3.05, 3.63) is 30.1 Å². The summed E-state index contributed by atoms with van der Waals surface area (Å²) in [4.78, 5) is 16.5. The number of ether oxygens (including phenoxy) is 1. The van der Waals surface area contributed by atoms with E-state index in [1.54, 1.807) is 19.5 Å². The highest BCUT2D eigenvalue weighted by Crippen LogP contribution is 2.35. The summed E-state index contributed by atoms with van der Waals surface area (Å²) in [5, 5.41) is 0. The average molecular weight is 247 g/mol. The molecule has 0 spiro atoms. The monoisotopic (exact) mass is 247 g/mol. The minimum atomic E-state index is -0.553. The first-order chi connectivity index (χ1) is 8.66. The summed E-state index contributed by atoms with van der Waals surface area (Å²) in [6.45, 7) is 2.24. The van der Waals surface area contributed by atoms with E-state index in [9.17, 15) is 4.79 Å². The number of hydrogen-bond donors (Lipinski definition) is 0. The van der Waals surface area contributed by atoms with Crippen molar-refractivity contribution in [2.45, 2.75) is 44.6 Å². The summed E-state index contributed by atoms with van der Waals surface area (Å²) in [6, 6.07) is 3.81. The zero-order valence-corrected chi connectivity index (χ0v) is 11.2. The van der Waals surface area contributed by atoms with Gasteiger partial charge in [-0.15, -0.1) is 0 Å². The molecule has 1 saturated carbocycles. The Morgan fingerprint density at radius 3 is 2.78 bits per heavy atom. The van der Waals surface area contributed by atoms with Crippen molar-refractivity contribution in [3.8, 4) is 0 Å². The molecule has 2 rings (SSSR count). The Balaban J connectivity index is 2.06. The van der Waals surface area contributed by atoms with Crippen LogP contribution in [0.15, 0.2) is 24.5 Å². The maximum Gasteiger partial charge on any atom is 0.169 e. The van der Waals surface area contributed by atoms with Crippen LogP contribution in [-0.2, 0) is 16.0 Å². The first kappa shape index (κ1) is 13.2. The second-order valence-corrected chi connectivity index (χ2v) is 5.34. The van der Waals surface area contributed by atoms with E-state index in [0.29, 0.717) is 12.3 Å². The van der Waals surface area contributed by atoms with Gasteiger partial charge >= 0.3 is 0 Å². The third kappa shape index (κ3) is 2.78. The van der Waals surface area contributed by atoms with Crippen LogP contribution in [0.3, 0.4) is 0 Å². The van der Waals surface area contributed by atoms with Crippen LogP contribution in [0.1, 0.15) is 38.2 Å². The minimum absolute atomic E-state index is 0.199. The Hall–Kier alpha value is -1.22. The molecule has 0 bridgehead atoms. The zero-order chi connectivity index (χ0) is 13.0. The van der Waals surface area contributed by atoms with Gasteiger partial charge in [-0.05, 0) is 43.2 Å². The number of hydrogen-bond acceptors (Lipinski definition) is 3. The van der Waals surface area contributed by atoms with Gasteiger partial charge in [0.2, 0.25) is 0 Å². The van der Waals surface area contributed by atoms with Crippen molar-refractivity contribution in [2.75, 3.05) is 7.11 Å². The Morgan fingerprint density at radius 2 is 2.22 bits per heavy atom. The van der Waals surface area contributed by atoms with Crippen LogP contribution in [0.2, 0.25) is 0 Å². The highest BCUT2D eigenvalue weighted by Gasteiger charge is 2.40. The number of aromatic nitrogens is 1. The Labute approximate surface area is 109 Å². The number of methoxy groups -OCH3 is 1. The third-order valence-corrected chi connectivity index (χ3v) is 4.07. The van der Waals surface area contributed by atoms with Crippen molar-refractivity contribution in [1.29, 1.82) is 0 Å². The van der Waals surface area contributed by atoms with Crippen LogP contribution >= 0.6 is 0 Å². The third-order valence-electron chi connectivity index (χ3n) is 4.07. The van der Waals surface area contributed by atoms with Gasteiger partial charge in [0.15, 0.2) is 5.78 Å². The lowest BCUT2D eigenvalue weighted by Crippen LogP contribution is -2.44. The highest BCUT2D eigenvalue weighted by atomic mass is 16.5. The summed E-state index contributed by atoms with van der Waals surface area (Å²) in [7, 11) is 1.66. The average Bonchev–Trinajstić information content (AvgIpc) is 2.41. The van der Waals surface area contributed by atoms with E-state index in [0.717, 1.165) is 31.2 Å². The zero-order valence-electron chi connectivity index (χ0n) is 11.2. The molecule has 98 valence electrons. The molecule has 1 aromatic rings. The van der Waals surface area contributed by atoms with Crippen LogP contribution < -0.4 is 0 Å². The molecule has 0 N–H and O–H groups in total. The van der Waals surface area contributed by atoms with Gasteiger partial charge in [0.1, 0.15) is 5.60 Å². The van der Waals surface area contributed by atoms with E-state index in [-0.39, 0.29) is 5.78 Å². The topological polar surface area (TPSA) is 39.2 Å². The highest BCUT2D eigenvalue weighted by molar-refractivity contribution is 5.89. The van der Waals surface area contributed by atoms with E-state index in [4.69, 9.17) is 4.74 Å². The number of carbonyl (C=O) groups excluding carboxylic acids is 1. The maximum atomic E-state index is 12.5. The van der Waals surface area contributed by atoms with Crippen LogP contribution in [0.25, 0.3) is 0 Å². The molecule has 0 amide bonds. The van der Waals surface area contributed by atoms with Crippen molar-refractivity contribution in [2.24, 2.45) is 5.92 Å². The van der Waals surface area contributed by atoms with E-state index >= 15 is 0 Å². The minimum Gasteiger partial charge on any atom is -0.370 e. The molecule has 18 heavy (non-hydrogen) atoms. The van der Waals surface area contributed by atoms with Gasteiger partial charge in [0, 0.05) is 25.9 Å². The van der Waals surface area contributed by atoms with Crippen LogP contribution in [0, 0.1) is 5.92 Å². The van der Waals surface area contributed by atoms with E-state index in [1.807, 2.05) is 12.1 Å². The largest absolute Gasteiger partial charge is 0.370 e. The Morgan fingerprint density at radius 1 is 1.50 bits per heavy atom. The number of Topliss-reactive ketones (excluding diaryl/α,β-unsaturated/α-hetero) is 1. The fraction of sp³-hybridized carbons (Fsp3) is 0.600. The lowest BCUT2D eigenvalue weighted by atomic mass is 9.76. The molecule has 1 aromatic heterocycles. The summed E-state index contributed by atoms with van der Waals surface area (Å²) in [5.74, 6) is 0.907. The molecule has 3 nitrogen and oxygen atoms in total. The molecular formula is C15H21NO2. The van der Waals surface area contributed by atoms with Gasteiger partial charge in [0.25, 0.3) is 0 Å². The summed E-state index contributed by atoms with van der Waals surface area (Å²) in [5.41, 5.74) is 0.417. The van der Waals surface area contributed by atoms with E-state index in [1.165, 1.54) is 0 Å². The number of nitrogens with zero attached hydrogens (tertiary/aromatic N) is 1. The van der Waals surface area contributed by atoms with Crippen LogP contribution in [0.4, 0.5) is 0 Å². The number of pyridine rings is 1. The molecule has 0 unspecified atom stereocenters. The van der Waals surface area contributed by atoms with Crippen LogP contribution in [-0.4, -0.2) is 23.5 Å². The predicted molar refractivity (Wildman–Crippen MR) is 70.3 cm³/mol. The molecule has 0 aromatic carbocycles. The Kier molecular flexibility index (Phi) is 4.12. The SMILES string of the molecule is COC1(C(=O)Cc2cccnc2)CCC(C)CC1. The fourth-order valence-corrected chi connectivity index (χ4v) is 2.67. The van der Waals surface area contributed by atoms with Gasteiger partial charge < -0.3 is 4.74 Å². The van der Waals surface area contributed by atoms with Crippen molar-refractivity contribution in [3.63, 3.8) is 0 Å². The Bertz CT molecular complexity index is 394. The molecule has 0 radical (unpaired) electrons. The molecule has 1 fully saturated rings. The van der Waals surface area contributed by atoms with Gasteiger partial charge in [0.05, 0.1) is 0 Å². The van der Waals surface area contributed by atoms with Crippen molar-refractivity contribution >= 4 is 5.78 Å². The fourth-order valence-electron chi connectivity index (χ4n) is 2.67. The molecule has 0 saturated heterocycles. The van der Waals surface area contributed by atoms with Crippen LogP contribution in [0.5, 0.6) is 0 Å². The van der Waals surface area contributed by atoms with E-state index < -0.39 is 5.60 Å². The smallest absolute Gasteiger partial charge is 0.169 e. The van der Waals surface area contributed by atoms with Gasteiger partial charge in [-0.3, -0.25) is 9.78 Å². The second-order valence-electron chi connectivity index (χ2n) is 5.34. The normalized spacial score (nSPS) is 28.0. The molecule has 1 aliphatic carbocycles. The molecule has 1 heterocycles. The summed E-state index contributed by atoms with van der Waals surface area (Å²) in [6.07, 6.45) is 7.76. The summed E-state index contributed by atoms with van der Waals surface area (Å²) >= 11 is 0. The molecule has 3 heteroatoms. The maximum absolute atomic E-state index is 12.5. The standard InChI is InChI=1S/C15H21NO2/c1-12-5-7-15(18-2,8-6-12)14(17)10-13-4-3-9-16-11-13/h3-4,9,11-12H,5-8,10H2,1-2H3. The van der Waals surface area contributed by atoms with Gasteiger partial charge in [-0.1, -0.05) is 13.0 Å². The lowest BCUT2D eigenvalue weighted by molar-refractivity contribution is -0.145. The predicted octanol–water partition coefficient (Wildman–Crippen LogP) is 2.79. The van der Waals surface area contributed by atoms with Gasteiger partial charge in [-0.25, -0.2) is 0 Å². The second kappa shape index (κ2) is 5.61. The quantitative estimate of drug-likeness (QED) is 0.821. The van der Waals surface area contributed by atoms with Crippen molar-refractivity contribution < 1.29 is 9.53 Å². The number of ketones is 1. The summed E-state index contributed by atoms with van der Waals surface area (Å²) < 4.78 is 5.59. The first-order valence-corrected chi connectivity index (χ1v) is 6.63. The van der Waals surface area contributed by atoms with Gasteiger partial charge in [-0.2, -0.15) is 0 Å². The molecule has 1 aliphatic rings. The lowest BCUT2D eigenvalue weighted by Gasteiger charge is -2.37. The van der Waals surface area contributed by atoms with E-state index in [2.05, 4.69) is 11.9 Å². The number of rotatable bonds is 4. The number of carbonyl (C=O) groups is 1.